The van der Waals surface area contributed by atoms with Gasteiger partial charge < -0.3 is 16.0 Å². The van der Waals surface area contributed by atoms with Crippen LogP contribution in [-0.4, -0.2) is 37.5 Å². The molecule has 1 saturated carbocycles. The quantitative estimate of drug-likeness (QED) is 0.441. The lowest BCUT2D eigenvalue weighted by atomic mass is 9.96. The molecule has 0 saturated heterocycles. The number of likely N-dealkylation sites (N-methyl/N-ethyl adjacent to an activating group) is 1. The first-order valence-electron chi connectivity index (χ1n) is 7.94. The van der Waals surface area contributed by atoms with Crippen LogP contribution in [0.2, 0.25) is 0 Å². The standard InChI is InChI=1S/C17H28N4.HI/c1-21(2)16(14-9-5-3-6-10-14)13-19-17(18)20-15-11-7-4-8-12-15;/h3,5-6,9-10,15-16H,4,7-8,11-13H2,1-2H3,(H3,18,19,20);1H. The maximum atomic E-state index is 6.05. The van der Waals surface area contributed by atoms with Crippen LogP contribution in [0.4, 0.5) is 0 Å². The highest BCUT2D eigenvalue weighted by Crippen LogP contribution is 2.19. The van der Waals surface area contributed by atoms with Crippen molar-refractivity contribution in [2.75, 3.05) is 20.6 Å². The second-order valence-electron chi connectivity index (χ2n) is 6.10. The van der Waals surface area contributed by atoms with Gasteiger partial charge in [0.15, 0.2) is 5.96 Å². The summed E-state index contributed by atoms with van der Waals surface area (Å²) in [6, 6.07) is 11.2. The summed E-state index contributed by atoms with van der Waals surface area (Å²) in [6.07, 6.45) is 6.38. The summed E-state index contributed by atoms with van der Waals surface area (Å²) in [4.78, 5) is 6.75. The van der Waals surface area contributed by atoms with Gasteiger partial charge >= 0.3 is 0 Å². The minimum atomic E-state index is 0. The minimum Gasteiger partial charge on any atom is -0.370 e. The Morgan fingerprint density at radius 2 is 1.86 bits per heavy atom. The Kier molecular flexibility index (Phi) is 8.78. The average Bonchev–Trinajstić information content (AvgIpc) is 2.49. The minimum absolute atomic E-state index is 0. The number of nitrogens with zero attached hydrogens (tertiary/aromatic N) is 2. The molecule has 1 aliphatic rings. The number of hydrogen-bond donors (Lipinski definition) is 2. The van der Waals surface area contributed by atoms with Crippen LogP contribution in [0, 0.1) is 0 Å². The van der Waals surface area contributed by atoms with Crippen molar-refractivity contribution in [1.82, 2.24) is 10.2 Å². The Morgan fingerprint density at radius 1 is 1.23 bits per heavy atom. The molecule has 0 bridgehead atoms. The zero-order valence-electron chi connectivity index (χ0n) is 13.7. The van der Waals surface area contributed by atoms with Gasteiger partial charge in [0.05, 0.1) is 12.6 Å². The predicted octanol–water partition coefficient (Wildman–Crippen LogP) is 3.14. The number of aliphatic imine (C=N–C) groups is 1. The van der Waals surface area contributed by atoms with E-state index in [0.29, 0.717) is 18.5 Å². The zero-order chi connectivity index (χ0) is 15.1. The Balaban J connectivity index is 0.00000242. The molecule has 1 aromatic carbocycles. The summed E-state index contributed by atoms with van der Waals surface area (Å²) in [5, 5.41) is 3.37. The van der Waals surface area contributed by atoms with Crippen molar-refractivity contribution in [1.29, 1.82) is 0 Å². The fraction of sp³-hybridized carbons (Fsp3) is 0.588. The number of benzene rings is 1. The van der Waals surface area contributed by atoms with Crippen LogP contribution < -0.4 is 11.1 Å². The van der Waals surface area contributed by atoms with E-state index < -0.39 is 0 Å². The molecule has 1 aliphatic carbocycles. The summed E-state index contributed by atoms with van der Waals surface area (Å²) in [7, 11) is 4.16. The monoisotopic (exact) mass is 416 g/mol. The van der Waals surface area contributed by atoms with Crippen LogP contribution in [0.25, 0.3) is 0 Å². The van der Waals surface area contributed by atoms with Gasteiger partial charge in [0, 0.05) is 6.04 Å². The topological polar surface area (TPSA) is 53.6 Å². The van der Waals surface area contributed by atoms with Crippen molar-refractivity contribution in [2.24, 2.45) is 10.7 Å². The zero-order valence-corrected chi connectivity index (χ0v) is 16.0. The van der Waals surface area contributed by atoms with E-state index in [0.717, 1.165) is 0 Å². The summed E-state index contributed by atoms with van der Waals surface area (Å²) in [5.74, 6) is 0.588. The van der Waals surface area contributed by atoms with E-state index in [9.17, 15) is 0 Å². The van der Waals surface area contributed by atoms with Gasteiger partial charge in [-0.05, 0) is 32.5 Å². The third-order valence-corrected chi connectivity index (χ3v) is 4.20. The number of nitrogens with two attached hydrogens (primary N) is 1. The van der Waals surface area contributed by atoms with Crippen molar-refractivity contribution in [2.45, 2.75) is 44.2 Å². The maximum Gasteiger partial charge on any atom is 0.188 e. The lowest BCUT2D eigenvalue weighted by Gasteiger charge is -2.25. The molecule has 0 heterocycles. The second kappa shape index (κ2) is 10.0. The Labute approximate surface area is 151 Å². The summed E-state index contributed by atoms with van der Waals surface area (Å²) >= 11 is 0. The molecule has 0 aromatic heterocycles. The van der Waals surface area contributed by atoms with E-state index in [2.05, 4.69) is 53.6 Å². The van der Waals surface area contributed by atoms with E-state index in [-0.39, 0.29) is 30.0 Å². The van der Waals surface area contributed by atoms with Gasteiger partial charge in [-0.1, -0.05) is 49.6 Å². The van der Waals surface area contributed by atoms with E-state index >= 15 is 0 Å². The number of rotatable bonds is 5. The van der Waals surface area contributed by atoms with E-state index in [1.54, 1.807) is 0 Å². The van der Waals surface area contributed by atoms with Gasteiger partial charge in [-0.3, -0.25) is 4.99 Å². The molecule has 124 valence electrons. The van der Waals surface area contributed by atoms with Crippen molar-refractivity contribution in [3.8, 4) is 0 Å². The van der Waals surface area contributed by atoms with Crippen LogP contribution in [0.5, 0.6) is 0 Å². The lowest BCUT2D eigenvalue weighted by molar-refractivity contribution is 0.306. The third kappa shape index (κ3) is 6.12. The van der Waals surface area contributed by atoms with Crippen LogP contribution in [-0.2, 0) is 0 Å². The van der Waals surface area contributed by atoms with Crippen molar-refractivity contribution in [3.05, 3.63) is 35.9 Å². The summed E-state index contributed by atoms with van der Waals surface area (Å²) in [5.41, 5.74) is 7.33. The molecular weight excluding hydrogens is 387 g/mol. The van der Waals surface area contributed by atoms with Crippen molar-refractivity contribution in [3.63, 3.8) is 0 Å². The predicted molar refractivity (Wildman–Crippen MR) is 105 cm³/mol. The highest BCUT2D eigenvalue weighted by atomic mass is 127. The highest BCUT2D eigenvalue weighted by molar-refractivity contribution is 14.0. The van der Waals surface area contributed by atoms with Gasteiger partial charge in [0.25, 0.3) is 0 Å². The normalized spacial score (nSPS) is 17.9. The molecule has 1 aromatic rings. The molecule has 0 amide bonds. The van der Waals surface area contributed by atoms with Crippen LogP contribution >= 0.6 is 24.0 Å². The molecule has 0 radical (unpaired) electrons. The van der Waals surface area contributed by atoms with E-state index in [4.69, 9.17) is 5.73 Å². The molecule has 1 fully saturated rings. The maximum absolute atomic E-state index is 6.05. The van der Waals surface area contributed by atoms with Gasteiger partial charge in [0.2, 0.25) is 0 Å². The van der Waals surface area contributed by atoms with Crippen molar-refractivity contribution >= 4 is 29.9 Å². The first-order chi connectivity index (χ1) is 10.2. The smallest absolute Gasteiger partial charge is 0.188 e. The average molecular weight is 416 g/mol. The fourth-order valence-electron chi connectivity index (χ4n) is 2.93. The van der Waals surface area contributed by atoms with Gasteiger partial charge in [-0.15, -0.1) is 24.0 Å². The molecular formula is C17H29IN4. The highest BCUT2D eigenvalue weighted by Gasteiger charge is 2.15. The second-order valence-corrected chi connectivity index (χ2v) is 6.10. The molecule has 2 rings (SSSR count). The van der Waals surface area contributed by atoms with Gasteiger partial charge in [-0.2, -0.15) is 0 Å². The largest absolute Gasteiger partial charge is 0.370 e. The Bertz CT molecular complexity index is 441. The lowest BCUT2D eigenvalue weighted by Crippen LogP contribution is -2.41. The van der Waals surface area contributed by atoms with E-state index in [1.807, 2.05) is 6.07 Å². The number of guanidine groups is 1. The molecule has 0 aliphatic heterocycles. The summed E-state index contributed by atoms with van der Waals surface area (Å²) in [6.45, 7) is 0.683. The Hall–Kier alpha value is -0.820. The number of nitrogens with one attached hydrogen (secondary N) is 1. The molecule has 4 nitrogen and oxygen atoms in total. The summed E-state index contributed by atoms with van der Waals surface area (Å²) < 4.78 is 0. The molecule has 5 heteroatoms. The molecule has 1 unspecified atom stereocenters. The number of halogens is 1. The Morgan fingerprint density at radius 3 is 2.45 bits per heavy atom. The first-order valence-corrected chi connectivity index (χ1v) is 7.94. The number of hydrogen-bond acceptors (Lipinski definition) is 2. The van der Waals surface area contributed by atoms with Crippen LogP contribution in [0.1, 0.15) is 43.7 Å². The first kappa shape index (κ1) is 19.2. The van der Waals surface area contributed by atoms with Crippen LogP contribution in [0.3, 0.4) is 0 Å². The third-order valence-electron chi connectivity index (χ3n) is 4.20. The van der Waals surface area contributed by atoms with Gasteiger partial charge in [0.1, 0.15) is 0 Å². The molecule has 22 heavy (non-hydrogen) atoms. The SMILES string of the molecule is CN(C)C(CN=C(N)NC1CCCCC1)c1ccccc1.I. The van der Waals surface area contributed by atoms with Crippen molar-refractivity contribution < 1.29 is 0 Å². The molecule has 0 spiro atoms. The van der Waals surface area contributed by atoms with Crippen LogP contribution in [0.15, 0.2) is 35.3 Å². The molecule has 3 N–H and O–H groups in total. The fourth-order valence-corrected chi connectivity index (χ4v) is 2.93. The van der Waals surface area contributed by atoms with E-state index in [1.165, 1.54) is 37.7 Å². The molecule has 1 atom stereocenters. The van der Waals surface area contributed by atoms with Gasteiger partial charge in [-0.25, -0.2) is 0 Å².